The number of carbonyl (C=O) groups excluding carboxylic acids is 1. The van der Waals surface area contributed by atoms with E-state index in [1.807, 2.05) is 4.90 Å². The highest BCUT2D eigenvalue weighted by Gasteiger charge is 2.28. The first-order valence-corrected chi connectivity index (χ1v) is 6.09. The molecule has 1 fully saturated rings. The molecular weight excluding hydrogens is 246 g/mol. The maximum Gasteiger partial charge on any atom is 0.236 e. The number of hydrogen-bond donors (Lipinski definition) is 0. The second kappa shape index (κ2) is 6.40. The number of halogens is 1. The monoisotopic (exact) mass is 263 g/mol. The summed E-state index contributed by atoms with van der Waals surface area (Å²) in [6.07, 6.45) is 4.28. The molecule has 1 rings (SSSR count). The first kappa shape index (κ1) is 12.0. The molecule has 1 unspecified atom stereocenters. The van der Waals surface area contributed by atoms with E-state index in [0.717, 1.165) is 45.4 Å². The highest BCUT2D eigenvalue weighted by Crippen LogP contribution is 2.18. The second-order valence-corrected chi connectivity index (χ2v) is 4.74. The third-order valence-corrected chi connectivity index (χ3v) is 3.36. The molecule has 3 nitrogen and oxygen atoms in total. The quantitative estimate of drug-likeness (QED) is 0.541. The van der Waals surface area contributed by atoms with Gasteiger partial charge in [0, 0.05) is 26.8 Å². The summed E-state index contributed by atoms with van der Waals surface area (Å²) in [6, 6.07) is 0. The minimum atomic E-state index is 0.0708. The van der Waals surface area contributed by atoms with Crippen LogP contribution >= 0.6 is 15.9 Å². The van der Waals surface area contributed by atoms with Crippen LogP contribution in [0, 0.1) is 0 Å². The van der Waals surface area contributed by atoms with Gasteiger partial charge in [-0.2, -0.15) is 0 Å². The Labute approximate surface area is 93.9 Å². The number of unbranched alkanes of at least 4 members (excludes halogenated alkanes) is 2. The van der Waals surface area contributed by atoms with Gasteiger partial charge in [0.05, 0.1) is 4.83 Å². The van der Waals surface area contributed by atoms with E-state index < -0.39 is 0 Å². The van der Waals surface area contributed by atoms with Crippen LogP contribution < -0.4 is 0 Å². The number of ether oxygens (including phenoxy) is 1. The fraction of sp³-hybridized carbons (Fsp3) is 0.900. The smallest absolute Gasteiger partial charge is 0.236 e. The normalized spacial score (nSPS) is 22.0. The van der Waals surface area contributed by atoms with Crippen LogP contribution in [0.15, 0.2) is 0 Å². The van der Waals surface area contributed by atoms with Crippen molar-refractivity contribution < 1.29 is 9.53 Å². The van der Waals surface area contributed by atoms with E-state index in [1.54, 1.807) is 7.11 Å². The highest BCUT2D eigenvalue weighted by molar-refractivity contribution is 9.10. The lowest BCUT2D eigenvalue weighted by Crippen LogP contribution is -2.28. The predicted octanol–water partition coefficient (Wildman–Crippen LogP) is 1.80. The number of rotatable bonds is 6. The van der Waals surface area contributed by atoms with Crippen molar-refractivity contribution in [2.24, 2.45) is 0 Å². The topological polar surface area (TPSA) is 29.5 Å². The minimum absolute atomic E-state index is 0.0708. The molecule has 1 heterocycles. The number of nitrogens with zero attached hydrogens (tertiary/aromatic N) is 1. The molecule has 1 aliphatic rings. The van der Waals surface area contributed by atoms with Gasteiger partial charge in [-0.15, -0.1) is 0 Å². The summed E-state index contributed by atoms with van der Waals surface area (Å²) < 4.78 is 4.96. The minimum Gasteiger partial charge on any atom is -0.385 e. The van der Waals surface area contributed by atoms with Crippen LogP contribution in [0.4, 0.5) is 0 Å². The van der Waals surface area contributed by atoms with Gasteiger partial charge in [0.1, 0.15) is 0 Å². The Bertz CT molecular complexity index is 187. The Morgan fingerprint density at radius 3 is 2.86 bits per heavy atom. The molecule has 14 heavy (non-hydrogen) atoms. The fourth-order valence-electron chi connectivity index (χ4n) is 1.65. The number of hydrogen-bond acceptors (Lipinski definition) is 2. The predicted molar refractivity (Wildman–Crippen MR) is 59.6 cm³/mol. The zero-order chi connectivity index (χ0) is 10.4. The summed E-state index contributed by atoms with van der Waals surface area (Å²) in [5, 5.41) is 0. The summed E-state index contributed by atoms with van der Waals surface area (Å²) in [5.41, 5.74) is 0. The largest absolute Gasteiger partial charge is 0.385 e. The molecule has 1 aliphatic heterocycles. The van der Waals surface area contributed by atoms with Crippen molar-refractivity contribution in [2.75, 3.05) is 26.8 Å². The number of likely N-dealkylation sites (tertiary alicyclic amines) is 1. The molecule has 0 saturated carbocycles. The molecule has 0 aromatic rings. The summed E-state index contributed by atoms with van der Waals surface area (Å²) >= 11 is 3.37. The highest BCUT2D eigenvalue weighted by atomic mass is 79.9. The summed E-state index contributed by atoms with van der Waals surface area (Å²) in [5.74, 6) is 0.261. The molecule has 4 heteroatoms. The van der Waals surface area contributed by atoms with Gasteiger partial charge in [-0.05, 0) is 25.7 Å². The van der Waals surface area contributed by atoms with E-state index in [1.165, 1.54) is 0 Å². The number of amides is 1. The zero-order valence-corrected chi connectivity index (χ0v) is 10.3. The molecule has 0 N–H and O–H groups in total. The van der Waals surface area contributed by atoms with Crippen LogP contribution in [-0.4, -0.2) is 42.4 Å². The SMILES string of the molecule is COCCCCCN1CCC(Br)C1=O. The third-order valence-electron chi connectivity index (χ3n) is 2.51. The van der Waals surface area contributed by atoms with E-state index in [2.05, 4.69) is 15.9 Å². The van der Waals surface area contributed by atoms with Crippen molar-refractivity contribution >= 4 is 21.8 Å². The van der Waals surface area contributed by atoms with Crippen LogP contribution in [0.2, 0.25) is 0 Å². The van der Waals surface area contributed by atoms with Gasteiger partial charge >= 0.3 is 0 Å². The van der Waals surface area contributed by atoms with Crippen molar-refractivity contribution in [1.29, 1.82) is 0 Å². The number of methoxy groups -OCH3 is 1. The molecule has 1 amide bonds. The maximum absolute atomic E-state index is 11.5. The molecule has 0 aromatic heterocycles. The lowest BCUT2D eigenvalue weighted by atomic mass is 10.2. The molecule has 1 saturated heterocycles. The van der Waals surface area contributed by atoms with Crippen LogP contribution in [0.5, 0.6) is 0 Å². The van der Waals surface area contributed by atoms with Gasteiger partial charge in [-0.1, -0.05) is 15.9 Å². The van der Waals surface area contributed by atoms with Crippen LogP contribution in [-0.2, 0) is 9.53 Å². The van der Waals surface area contributed by atoms with Gasteiger partial charge in [0.15, 0.2) is 0 Å². The molecule has 0 bridgehead atoms. The second-order valence-electron chi connectivity index (χ2n) is 3.63. The lowest BCUT2D eigenvalue weighted by molar-refractivity contribution is -0.127. The summed E-state index contributed by atoms with van der Waals surface area (Å²) in [6.45, 7) is 2.65. The van der Waals surface area contributed by atoms with Crippen LogP contribution in [0.1, 0.15) is 25.7 Å². The Kier molecular flexibility index (Phi) is 5.48. The van der Waals surface area contributed by atoms with Crippen LogP contribution in [0.25, 0.3) is 0 Å². The molecule has 0 aliphatic carbocycles. The zero-order valence-electron chi connectivity index (χ0n) is 8.67. The Morgan fingerprint density at radius 2 is 2.29 bits per heavy atom. The van der Waals surface area contributed by atoms with E-state index in [-0.39, 0.29) is 10.7 Å². The number of alkyl halides is 1. The average molecular weight is 264 g/mol. The Hall–Kier alpha value is -0.0900. The van der Waals surface area contributed by atoms with Gasteiger partial charge in [-0.3, -0.25) is 4.79 Å². The summed E-state index contributed by atoms with van der Waals surface area (Å²) in [4.78, 5) is 13.5. The number of carbonyl (C=O) groups is 1. The van der Waals surface area contributed by atoms with E-state index in [0.29, 0.717) is 0 Å². The first-order valence-electron chi connectivity index (χ1n) is 5.17. The van der Waals surface area contributed by atoms with Gasteiger partial charge in [0.2, 0.25) is 5.91 Å². The maximum atomic E-state index is 11.5. The molecular formula is C10H18BrNO2. The van der Waals surface area contributed by atoms with Gasteiger partial charge in [0.25, 0.3) is 0 Å². The first-order chi connectivity index (χ1) is 6.75. The fourth-order valence-corrected chi connectivity index (χ4v) is 2.14. The summed E-state index contributed by atoms with van der Waals surface area (Å²) in [7, 11) is 1.72. The Morgan fingerprint density at radius 1 is 1.50 bits per heavy atom. The van der Waals surface area contributed by atoms with Crippen molar-refractivity contribution in [3.8, 4) is 0 Å². The van der Waals surface area contributed by atoms with Gasteiger partial charge < -0.3 is 9.64 Å². The van der Waals surface area contributed by atoms with Crippen molar-refractivity contribution in [3.63, 3.8) is 0 Å². The average Bonchev–Trinajstić information content (AvgIpc) is 2.49. The van der Waals surface area contributed by atoms with E-state index in [4.69, 9.17) is 4.74 Å². The Balaban J connectivity index is 2.04. The van der Waals surface area contributed by atoms with Crippen LogP contribution in [0.3, 0.4) is 0 Å². The van der Waals surface area contributed by atoms with Crippen molar-refractivity contribution in [2.45, 2.75) is 30.5 Å². The van der Waals surface area contributed by atoms with E-state index in [9.17, 15) is 4.79 Å². The van der Waals surface area contributed by atoms with E-state index >= 15 is 0 Å². The molecule has 82 valence electrons. The van der Waals surface area contributed by atoms with Gasteiger partial charge in [-0.25, -0.2) is 0 Å². The van der Waals surface area contributed by atoms with Crippen molar-refractivity contribution in [3.05, 3.63) is 0 Å². The lowest BCUT2D eigenvalue weighted by Gasteiger charge is -2.15. The molecule has 0 spiro atoms. The standard InChI is InChI=1S/C10H18BrNO2/c1-14-8-4-2-3-6-12-7-5-9(11)10(12)13/h9H,2-8H2,1H3. The molecule has 1 atom stereocenters. The van der Waals surface area contributed by atoms with Crippen molar-refractivity contribution in [1.82, 2.24) is 4.90 Å². The third kappa shape index (κ3) is 3.58. The molecule has 0 radical (unpaired) electrons. The molecule has 0 aromatic carbocycles.